The van der Waals surface area contributed by atoms with Crippen molar-refractivity contribution in [3.05, 3.63) is 21.9 Å². The second-order valence-electron chi connectivity index (χ2n) is 3.65. The Morgan fingerprint density at radius 3 is 2.67 bits per heavy atom. The van der Waals surface area contributed by atoms with Gasteiger partial charge in [-0.15, -0.1) is 22.9 Å². The average Bonchev–Trinajstić information content (AvgIpc) is 2.71. The molecule has 1 rings (SSSR count). The van der Waals surface area contributed by atoms with Crippen molar-refractivity contribution in [2.24, 2.45) is 0 Å². The first-order valence-electron chi connectivity index (χ1n) is 5.71. The van der Waals surface area contributed by atoms with Crippen molar-refractivity contribution in [2.45, 2.75) is 39.2 Å². The van der Waals surface area contributed by atoms with Gasteiger partial charge in [-0.1, -0.05) is 13.3 Å². The summed E-state index contributed by atoms with van der Waals surface area (Å²) in [5.41, 5.74) is 0. The first-order chi connectivity index (χ1) is 7.36. The fourth-order valence-electron chi connectivity index (χ4n) is 1.44. The Hall–Kier alpha value is -0.0500. The van der Waals surface area contributed by atoms with Gasteiger partial charge >= 0.3 is 0 Å². The standard InChI is InChI=1S/C12H20ClNS/c1-2-11-6-7-12(15-11)10-14-9-5-3-4-8-13/h6-7,14H,2-5,8-10H2,1H3. The highest BCUT2D eigenvalue weighted by molar-refractivity contribution is 7.11. The summed E-state index contributed by atoms with van der Waals surface area (Å²) in [4.78, 5) is 2.93. The maximum Gasteiger partial charge on any atom is 0.0299 e. The Bertz CT molecular complexity index is 260. The highest BCUT2D eigenvalue weighted by atomic mass is 35.5. The monoisotopic (exact) mass is 245 g/mol. The smallest absolute Gasteiger partial charge is 0.0299 e. The molecule has 0 atom stereocenters. The van der Waals surface area contributed by atoms with Crippen molar-refractivity contribution < 1.29 is 0 Å². The van der Waals surface area contributed by atoms with Gasteiger partial charge in [0.15, 0.2) is 0 Å². The molecule has 1 aromatic heterocycles. The molecule has 3 heteroatoms. The van der Waals surface area contributed by atoms with E-state index in [9.17, 15) is 0 Å². The van der Waals surface area contributed by atoms with Gasteiger partial charge in [0.05, 0.1) is 0 Å². The Balaban J connectivity index is 2.04. The summed E-state index contributed by atoms with van der Waals surface area (Å²) < 4.78 is 0. The van der Waals surface area contributed by atoms with E-state index in [1.807, 2.05) is 11.3 Å². The molecular weight excluding hydrogens is 226 g/mol. The van der Waals surface area contributed by atoms with Crippen LogP contribution in [0.5, 0.6) is 0 Å². The molecule has 0 fully saturated rings. The van der Waals surface area contributed by atoms with E-state index in [-0.39, 0.29) is 0 Å². The highest BCUT2D eigenvalue weighted by Crippen LogP contribution is 2.16. The second-order valence-corrected chi connectivity index (χ2v) is 5.28. The van der Waals surface area contributed by atoms with Gasteiger partial charge in [0.1, 0.15) is 0 Å². The van der Waals surface area contributed by atoms with E-state index in [1.165, 1.54) is 22.6 Å². The van der Waals surface area contributed by atoms with Crippen molar-refractivity contribution >= 4 is 22.9 Å². The summed E-state index contributed by atoms with van der Waals surface area (Å²) in [7, 11) is 0. The third kappa shape index (κ3) is 5.55. The van der Waals surface area contributed by atoms with Crippen LogP contribution in [0.4, 0.5) is 0 Å². The van der Waals surface area contributed by atoms with Crippen LogP contribution < -0.4 is 5.32 Å². The maximum absolute atomic E-state index is 5.61. The quantitative estimate of drug-likeness (QED) is 0.543. The topological polar surface area (TPSA) is 12.0 Å². The van der Waals surface area contributed by atoms with Crippen molar-refractivity contribution in [1.82, 2.24) is 5.32 Å². The third-order valence-electron chi connectivity index (χ3n) is 2.35. The van der Waals surface area contributed by atoms with Crippen LogP contribution in [-0.4, -0.2) is 12.4 Å². The molecule has 0 unspecified atom stereocenters. The van der Waals surface area contributed by atoms with Gasteiger partial charge in [-0.2, -0.15) is 0 Å². The Morgan fingerprint density at radius 1 is 1.20 bits per heavy atom. The van der Waals surface area contributed by atoms with Gasteiger partial charge < -0.3 is 5.32 Å². The van der Waals surface area contributed by atoms with E-state index in [0.717, 1.165) is 31.8 Å². The van der Waals surface area contributed by atoms with Gasteiger partial charge in [0.2, 0.25) is 0 Å². The summed E-state index contributed by atoms with van der Waals surface area (Å²) in [6.07, 6.45) is 4.77. The molecule has 0 saturated carbocycles. The van der Waals surface area contributed by atoms with Gasteiger partial charge in [-0.3, -0.25) is 0 Å². The molecule has 15 heavy (non-hydrogen) atoms. The molecule has 0 spiro atoms. The maximum atomic E-state index is 5.61. The van der Waals surface area contributed by atoms with Crippen LogP contribution in [0.1, 0.15) is 35.9 Å². The number of aryl methyl sites for hydroxylation is 1. The van der Waals surface area contributed by atoms with Crippen molar-refractivity contribution in [2.75, 3.05) is 12.4 Å². The summed E-state index contributed by atoms with van der Waals surface area (Å²) in [6, 6.07) is 4.46. The minimum absolute atomic E-state index is 0.796. The van der Waals surface area contributed by atoms with Gasteiger partial charge in [0, 0.05) is 22.2 Å². The largest absolute Gasteiger partial charge is 0.312 e. The number of unbranched alkanes of at least 4 members (excludes halogenated alkanes) is 2. The predicted octanol–water partition coefficient (Wildman–Crippen LogP) is 3.81. The first kappa shape index (κ1) is 13.0. The number of thiophene rings is 1. The van der Waals surface area contributed by atoms with Crippen LogP contribution in [0.2, 0.25) is 0 Å². The lowest BCUT2D eigenvalue weighted by atomic mass is 10.2. The van der Waals surface area contributed by atoms with Crippen LogP contribution >= 0.6 is 22.9 Å². The fourth-order valence-corrected chi connectivity index (χ4v) is 2.56. The van der Waals surface area contributed by atoms with Crippen molar-refractivity contribution in [3.8, 4) is 0 Å². The lowest BCUT2D eigenvalue weighted by molar-refractivity contribution is 0.621. The third-order valence-corrected chi connectivity index (χ3v) is 3.85. The summed E-state index contributed by atoms with van der Waals surface area (Å²) in [5.74, 6) is 0.796. The molecule has 0 aliphatic rings. The number of halogens is 1. The van der Waals surface area contributed by atoms with Crippen LogP contribution in [0, 0.1) is 0 Å². The van der Waals surface area contributed by atoms with E-state index in [4.69, 9.17) is 11.6 Å². The zero-order chi connectivity index (χ0) is 10.9. The van der Waals surface area contributed by atoms with E-state index in [1.54, 1.807) is 0 Å². The number of alkyl halides is 1. The molecule has 0 bridgehead atoms. The van der Waals surface area contributed by atoms with E-state index in [0.29, 0.717) is 0 Å². The molecule has 0 aliphatic carbocycles. The number of nitrogens with one attached hydrogen (secondary N) is 1. The zero-order valence-corrected chi connectivity index (χ0v) is 11.0. The summed E-state index contributed by atoms with van der Waals surface area (Å²) in [5, 5.41) is 3.47. The van der Waals surface area contributed by atoms with E-state index < -0.39 is 0 Å². The normalized spacial score (nSPS) is 10.8. The summed E-state index contributed by atoms with van der Waals surface area (Å²) in [6.45, 7) is 4.33. The van der Waals surface area contributed by atoms with Gasteiger partial charge in [-0.25, -0.2) is 0 Å². The summed E-state index contributed by atoms with van der Waals surface area (Å²) >= 11 is 7.53. The van der Waals surface area contributed by atoms with Crippen LogP contribution in [0.15, 0.2) is 12.1 Å². The van der Waals surface area contributed by atoms with Crippen LogP contribution in [0.3, 0.4) is 0 Å². The molecule has 86 valence electrons. The van der Waals surface area contributed by atoms with Crippen molar-refractivity contribution in [3.63, 3.8) is 0 Å². The Labute approximate surface area is 102 Å². The minimum atomic E-state index is 0.796. The predicted molar refractivity (Wildman–Crippen MR) is 70.0 cm³/mol. The molecule has 0 aromatic carbocycles. The molecule has 0 amide bonds. The number of hydrogen-bond acceptors (Lipinski definition) is 2. The SMILES string of the molecule is CCc1ccc(CNCCCCCCl)s1. The molecule has 1 N–H and O–H groups in total. The lowest BCUT2D eigenvalue weighted by Crippen LogP contribution is -2.13. The molecule has 1 heterocycles. The highest BCUT2D eigenvalue weighted by Gasteiger charge is 1.97. The van der Waals surface area contributed by atoms with Crippen LogP contribution in [-0.2, 0) is 13.0 Å². The molecular formula is C12H20ClNS. The van der Waals surface area contributed by atoms with Gasteiger partial charge in [0.25, 0.3) is 0 Å². The molecule has 0 radical (unpaired) electrons. The zero-order valence-electron chi connectivity index (χ0n) is 9.39. The molecule has 1 aromatic rings. The Kier molecular flexibility index (Phi) is 7.07. The molecule has 1 nitrogen and oxygen atoms in total. The average molecular weight is 246 g/mol. The van der Waals surface area contributed by atoms with Gasteiger partial charge in [-0.05, 0) is 37.9 Å². The number of hydrogen-bond donors (Lipinski definition) is 1. The first-order valence-corrected chi connectivity index (χ1v) is 7.06. The second kappa shape index (κ2) is 8.14. The molecule has 0 saturated heterocycles. The van der Waals surface area contributed by atoms with E-state index >= 15 is 0 Å². The lowest BCUT2D eigenvalue weighted by Gasteiger charge is -2.01. The van der Waals surface area contributed by atoms with Crippen molar-refractivity contribution in [1.29, 1.82) is 0 Å². The van der Waals surface area contributed by atoms with Crippen LogP contribution in [0.25, 0.3) is 0 Å². The minimum Gasteiger partial charge on any atom is -0.312 e. The van der Waals surface area contributed by atoms with E-state index in [2.05, 4.69) is 24.4 Å². The fraction of sp³-hybridized carbons (Fsp3) is 0.667. The number of rotatable bonds is 8. The Morgan fingerprint density at radius 2 is 2.00 bits per heavy atom. The molecule has 0 aliphatic heterocycles.